The number of hydrogen-bond donors (Lipinski definition) is 1. The van der Waals surface area contributed by atoms with Crippen molar-refractivity contribution in [3.05, 3.63) is 53.1 Å². The number of hydrogen-bond acceptors (Lipinski definition) is 6. The Bertz CT molecular complexity index is 1130. The molecule has 1 heterocycles. The van der Waals surface area contributed by atoms with E-state index in [1.165, 1.54) is 18.0 Å². The molecule has 0 aliphatic carbocycles. The fraction of sp³-hybridized carbons (Fsp3) is 0.364. The molecule has 3 rings (SSSR count). The molecule has 31 heavy (non-hydrogen) atoms. The fourth-order valence-corrected chi connectivity index (χ4v) is 4.31. The molecule has 1 aliphatic heterocycles. The molecule has 2 aromatic rings. The van der Waals surface area contributed by atoms with E-state index in [0.29, 0.717) is 17.9 Å². The first-order valence-corrected chi connectivity index (χ1v) is 11.3. The van der Waals surface area contributed by atoms with Gasteiger partial charge < -0.3 is 14.4 Å². The summed E-state index contributed by atoms with van der Waals surface area (Å²) in [5, 5.41) is 0. The molecule has 9 heteroatoms. The highest BCUT2D eigenvalue weighted by molar-refractivity contribution is 7.89. The standard InChI is InChI=1S/C22H26N2O6S/c1-13-9-17-14(2)18(11-15-7-6-8-16(10-15)31(27,28)23-3)21(25)29-20(17)12-19(13)30-22(26)24(4)5/h6-10,12,14,18,23H,11H2,1-5H3. The van der Waals surface area contributed by atoms with Crippen LogP contribution in [-0.2, 0) is 21.2 Å². The third-order valence-corrected chi connectivity index (χ3v) is 6.82. The number of aryl methyl sites for hydroxylation is 1. The number of nitrogens with one attached hydrogen (secondary N) is 1. The highest BCUT2D eigenvalue weighted by atomic mass is 32.2. The number of fused-ring (bicyclic) bond motifs is 1. The Morgan fingerprint density at radius 2 is 1.94 bits per heavy atom. The molecular weight excluding hydrogens is 420 g/mol. The van der Waals surface area contributed by atoms with Gasteiger partial charge in [0.15, 0.2) is 0 Å². The number of esters is 1. The van der Waals surface area contributed by atoms with Gasteiger partial charge in [0, 0.05) is 20.2 Å². The molecule has 2 aromatic carbocycles. The molecule has 8 nitrogen and oxygen atoms in total. The minimum atomic E-state index is -3.57. The first-order valence-electron chi connectivity index (χ1n) is 9.81. The lowest BCUT2D eigenvalue weighted by Gasteiger charge is -2.30. The monoisotopic (exact) mass is 446 g/mol. The van der Waals surface area contributed by atoms with Gasteiger partial charge in [0.25, 0.3) is 0 Å². The third kappa shape index (κ3) is 4.72. The van der Waals surface area contributed by atoms with E-state index in [1.54, 1.807) is 38.4 Å². The second-order valence-corrected chi connectivity index (χ2v) is 9.68. The topological polar surface area (TPSA) is 102 Å². The SMILES string of the molecule is CNS(=O)(=O)c1cccc(CC2C(=O)Oc3cc(OC(=O)N(C)C)c(C)cc3C2C)c1. The van der Waals surface area contributed by atoms with Crippen LogP contribution in [0.5, 0.6) is 11.5 Å². The van der Waals surface area contributed by atoms with Gasteiger partial charge in [0.05, 0.1) is 10.8 Å². The number of rotatable bonds is 5. The molecule has 0 fully saturated rings. The Labute approximate surface area is 182 Å². The number of amides is 1. The predicted octanol–water partition coefficient (Wildman–Crippen LogP) is 2.84. The number of benzene rings is 2. The summed E-state index contributed by atoms with van der Waals surface area (Å²) in [5.74, 6) is -0.350. The molecule has 0 saturated heterocycles. The van der Waals surface area contributed by atoms with Gasteiger partial charge in [-0.2, -0.15) is 0 Å². The third-order valence-electron chi connectivity index (χ3n) is 5.41. The van der Waals surface area contributed by atoms with E-state index in [4.69, 9.17) is 9.47 Å². The van der Waals surface area contributed by atoms with Gasteiger partial charge >= 0.3 is 12.1 Å². The molecule has 0 radical (unpaired) electrons. The zero-order valence-corrected chi connectivity index (χ0v) is 18.9. The lowest BCUT2D eigenvalue weighted by molar-refractivity contribution is -0.141. The normalized spacial score (nSPS) is 18.2. The zero-order chi connectivity index (χ0) is 22.9. The lowest BCUT2D eigenvalue weighted by Crippen LogP contribution is -2.32. The van der Waals surface area contributed by atoms with Gasteiger partial charge in [-0.05, 0) is 61.2 Å². The molecule has 1 amide bonds. The van der Waals surface area contributed by atoms with Crippen molar-refractivity contribution in [1.29, 1.82) is 0 Å². The number of sulfonamides is 1. The molecule has 0 saturated carbocycles. The smallest absolute Gasteiger partial charge is 0.414 e. The maximum Gasteiger partial charge on any atom is 0.414 e. The molecule has 166 valence electrons. The summed E-state index contributed by atoms with van der Waals surface area (Å²) in [6.07, 6.45) is -0.185. The van der Waals surface area contributed by atoms with Gasteiger partial charge in [0.1, 0.15) is 11.5 Å². The van der Waals surface area contributed by atoms with Crippen LogP contribution < -0.4 is 14.2 Å². The van der Waals surface area contributed by atoms with Crippen LogP contribution in [0.2, 0.25) is 0 Å². The van der Waals surface area contributed by atoms with E-state index in [2.05, 4.69) is 4.72 Å². The van der Waals surface area contributed by atoms with Crippen LogP contribution in [0.3, 0.4) is 0 Å². The predicted molar refractivity (Wildman–Crippen MR) is 115 cm³/mol. The van der Waals surface area contributed by atoms with Crippen molar-refractivity contribution in [3.8, 4) is 11.5 Å². The first-order chi connectivity index (χ1) is 14.5. The van der Waals surface area contributed by atoms with Gasteiger partial charge in [-0.25, -0.2) is 17.9 Å². The molecule has 0 aromatic heterocycles. The summed E-state index contributed by atoms with van der Waals surface area (Å²) in [6.45, 7) is 3.76. The van der Waals surface area contributed by atoms with Gasteiger partial charge in [-0.1, -0.05) is 19.1 Å². The number of nitrogens with zero attached hydrogens (tertiary/aromatic N) is 1. The highest BCUT2D eigenvalue weighted by Gasteiger charge is 2.36. The highest BCUT2D eigenvalue weighted by Crippen LogP contribution is 2.42. The summed E-state index contributed by atoms with van der Waals surface area (Å²) in [6, 6.07) is 9.95. The summed E-state index contributed by atoms with van der Waals surface area (Å²) >= 11 is 0. The van der Waals surface area contributed by atoms with Crippen molar-refractivity contribution in [1.82, 2.24) is 9.62 Å². The van der Waals surface area contributed by atoms with Crippen molar-refractivity contribution in [3.63, 3.8) is 0 Å². The Balaban J connectivity index is 1.88. The van der Waals surface area contributed by atoms with Crippen molar-refractivity contribution in [2.45, 2.75) is 31.1 Å². The number of ether oxygens (including phenoxy) is 2. The molecule has 1 N–H and O–H groups in total. The maximum absolute atomic E-state index is 12.8. The fourth-order valence-electron chi connectivity index (χ4n) is 3.51. The summed E-state index contributed by atoms with van der Waals surface area (Å²) in [7, 11) is 0.944. The van der Waals surface area contributed by atoms with Gasteiger partial charge in [-0.15, -0.1) is 0 Å². The largest absolute Gasteiger partial charge is 0.426 e. The average Bonchev–Trinajstić information content (AvgIpc) is 2.72. The van der Waals surface area contributed by atoms with Crippen LogP contribution in [0.25, 0.3) is 0 Å². The van der Waals surface area contributed by atoms with Gasteiger partial charge in [-0.3, -0.25) is 4.79 Å². The minimum Gasteiger partial charge on any atom is -0.426 e. The van der Waals surface area contributed by atoms with Crippen molar-refractivity contribution < 1.29 is 27.5 Å². The number of carbonyl (C=O) groups excluding carboxylic acids is 2. The molecule has 1 aliphatic rings. The van der Waals surface area contributed by atoms with Crippen molar-refractivity contribution in [2.24, 2.45) is 5.92 Å². The molecule has 2 unspecified atom stereocenters. The Morgan fingerprint density at radius 3 is 2.58 bits per heavy atom. The Hall–Kier alpha value is -2.91. The lowest BCUT2D eigenvalue weighted by atomic mass is 9.81. The Morgan fingerprint density at radius 1 is 1.23 bits per heavy atom. The minimum absolute atomic E-state index is 0.146. The Kier molecular flexibility index (Phi) is 6.38. The van der Waals surface area contributed by atoms with Crippen molar-refractivity contribution >= 4 is 22.1 Å². The molecule has 0 bridgehead atoms. The van der Waals surface area contributed by atoms with Crippen LogP contribution >= 0.6 is 0 Å². The first kappa shape index (κ1) is 22.8. The second kappa shape index (κ2) is 8.68. The summed E-state index contributed by atoms with van der Waals surface area (Å²) in [4.78, 5) is 26.1. The zero-order valence-electron chi connectivity index (χ0n) is 18.1. The summed E-state index contributed by atoms with van der Waals surface area (Å²) in [5.41, 5.74) is 2.31. The van der Waals surface area contributed by atoms with Crippen LogP contribution in [-0.4, -0.2) is 46.5 Å². The van der Waals surface area contributed by atoms with Crippen LogP contribution in [0.4, 0.5) is 4.79 Å². The van der Waals surface area contributed by atoms with E-state index in [9.17, 15) is 18.0 Å². The van der Waals surface area contributed by atoms with Crippen LogP contribution in [0.1, 0.15) is 29.5 Å². The average molecular weight is 447 g/mol. The van der Waals surface area contributed by atoms with E-state index in [1.807, 2.05) is 19.9 Å². The quantitative estimate of drug-likeness (QED) is 0.560. The molecule has 2 atom stereocenters. The van der Waals surface area contributed by atoms with Gasteiger partial charge in [0.2, 0.25) is 10.0 Å². The van der Waals surface area contributed by atoms with E-state index < -0.39 is 28.0 Å². The second-order valence-electron chi connectivity index (χ2n) is 7.79. The van der Waals surface area contributed by atoms with Crippen LogP contribution in [0.15, 0.2) is 41.3 Å². The molecule has 0 spiro atoms. The summed E-state index contributed by atoms with van der Waals surface area (Å²) < 4.78 is 37.4. The molecular formula is C22H26N2O6S. The van der Waals surface area contributed by atoms with E-state index >= 15 is 0 Å². The number of carbonyl (C=O) groups is 2. The van der Waals surface area contributed by atoms with E-state index in [-0.39, 0.29) is 10.8 Å². The van der Waals surface area contributed by atoms with Crippen molar-refractivity contribution in [2.75, 3.05) is 21.1 Å². The maximum atomic E-state index is 12.8. The van der Waals surface area contributed by atoms with Crippen LogP contribution in [0, 0.1) is 12.8 Å². The van der Waals surface area contributed by atoms with E-state index in [0.717, 1.165) is 16.7 Å².